The third-order valence-corrected chi connectivity index (χ3v) is 5.26. The summed E-state index contributed by atoms with van der Waals surface area (Å²) in [5, 5.41) is 6.50. The van der Waals surface area contributed by atoms with Crippen LogP contribution in [0.25, 0.3) is 0 Å². The molecule has 0 aromatic heterocycles. The van der Waals surface area contributed by atoms with Crippen molar-refractivity contribution in [3.8, 4) is 0 Å². The van der Waals surface area contributed by atoms with Crippen LogP contribution in [0.4, 0.5) is 0 Å². The minimum absolute atomic E-state index is 0. The van der Waals surface area contributed by atoms with Crippen LogP contribution in [-0.4, -0.2) is 62.1 Å². The van der Waals surface area contributed by atoms with Crippen LogP contribution >= 0.6 is 24.0 Å². The molecule has 8 heteroatoms. The van der Waals surface area contributed by atoms with Gasteiger partial charge in [0, 0.05) is 46.1 Å². The molecule has 2 fully saturated rings. The fourth-order valence-corrected chi connectivity index (χ4v) is 3.89. The minimum Gasteiger partial charge on any atom is -0.378 e. The van der Waals surface area contributed by atoms with Crippen molar-refractivity contribution in [2.24, 2.45) is 10.9 Å². The average Bonchev–Trinajstić information content (AvgIpc) is 3.16. The summed E-state index contributed by atoms with van der Waals surface area (Å²) in [6.45, 7) is 4.50. The summed E-state index contributed by atoms with van der Waals surface area (Å²) < 4.78 is 5.94. The molecule has 7 nitrogen and oxygen atoms in total. The van der Waals surface area contributed by atoms with Gasteiger partial charge in [-0.1, -0.05) is 12.8 Å². The van der Waals surface area contributed by atoms with Gasteiger partial charge in [-0.25, -0.2) is 0 Å². The van der Waals surface area contributed by atoms with Crippen molar-refractivity contribution in [2.45, 2.75) is 64.4 Å². The fraction of sp³-hybridized carbons (Fsp3) is 0.842. The predicted molar refractivity (Wildman–Crippen MR) is 117 cm³/mol. The lowest BCUT2D eigenvalue weighted by molar-refractivity contribution is -0.147. The predicted octanol–water partition coefficient (Wildman–Crippen LogP) is 2.29. The van der Waals surface area contributed by atoms with Gasteiger partial charge in [0.25, 0.3) is 0 Å². The normalized spacial score (nSPS) is 19.8. The summed E-state index contributed by atoms with van der Waals surface area (Å²) in [5.41, 5.74) is 0. The number of carbonyl (C=O) groups excluding carboxylic acids is 2. The maximum atomic E-state index is 11.8. The van der Waals surface area contributed by atoms with Gasteiger partial charge >= 0.3 is 0 Å². The van der Waals surface area contributed by atoms with Gasteiger partial charge in [-0.2, -0.15) is 0 Å². The molecule has 156 valence electrons. The Hall–Kier alpha value is -0.900. The zero-order valence-corrected chi connectivity index (χ0v) is 19.0. The molecule has 2 rings (SSSR count). The van der Waals surface area contributed by atoms with Gasteiger partial charge in [0.15, 0.2) is 5.96 Å². The Labute approximate surface area is 180 Å². The molecule has 1 saturated carbocycles. The van der Waals surface area contributed by atoms with Crippen LogP contribution in [0.3, 0.4) is 0 Å². The van der Waals surface area contributed by atoms with E-state index in [4.69, 9.17) is 4.74 Å². The molecule has 1 saturated heterocycles. The van der Waals surface area contributed by atoms with E-state index in [1.165, 1.54) is 30.6 Å². The van der Waals surface area contributed by atoms with E-state index < -0.39 is 0 Å². The number of amides is 2. The topological polar surface area (TPSA) is 83.0 Å². The summed E-state index contributed by atoms with van der Waals surface area (Å²) in [7, 11) is 1.73. The van der Waals surface area contributed by atoms with E-state index in [-0.39, 0.29) is 35.8 Å². The number of ether oxygens (including phenoxy) is 1. The van der Waals surface area contributed by atoms with E-state index in [9.17, 15) is 9.59 Å². The smallest absolute Gasteiger partial charge is 0.229 e. The molecule has 1 atom stereocenters. The molecule has 1 aliphatic carbocycles. The zero-order chi connectivity index (χ0) is 18.8. The maximum Gasteiger partial charge on any atom is 0.229 e. The Bertz CT molecular complexity index is 479. The minimum atomic E-state index is -0.0675. The number of rotatable bonds is 9. The highest BCUT2D eigenvalue weighted by Crippen LogP contribution is 2.30. The Balaban J connectivity index is 0.00000364. The average molecular weight is 494 g/mol. The molecule has 1 heterocycles. The molecule has 2 N–H and O–H groups in total. The number of guanidine groups is 1. The van der Waals surface area contributed by atoms with Gasteiger partial charge in [-0.3, -0.25) is 19.5 Å². The number of nitrogens with zero attached hydrogens (tertiary/aromatic N) is 2. The largest absolute Gasteiger partial charge is 0.378 e. The summed E-state index contributed by atoms with van der Waals surface area (Å²) in [5.74, 6) is 1.25. The summed E-state index contributed by atoms with van der Waals surface area (Å²) >= 11 is 0. The number of nitrogens with one attached hydrogen (secondary N) is 2. The number of aliphatic imine (C=N–C) groups is 1. The van der Waals surface area contributed by atoms with Crippen molar-refractivity contribution in [3.63, 3.8) is 0 Å². The van der Waals surface area contributed by atoms with Crippen LogP contribution in [0, 0.1) is 5.92 Å². The molecule has 0 spiro atoms. The molecule has 0 aromatic rings. The van der Waals surface area contributed by atoms with Crippen LogP contribution in [0.1, 0.15) is 58.3 Å². The van der Waals surface area contributed by atoms with E-state index >= 15 is 0 Å². The van der Waals surface area contributed by atoms with Crippen LogP contribution in [0.2, 0.25) is 0 Å². The lowest BCUT2D eigenvalue weighted by Gasteiger charge is -2.25. The standard InChI is InChI=1S/C19H34N4O3.HI/c1-3-26-16(15-7-4-5-8-15)11-12-21-19(20-2)22-13-14-23-17(24)9-6-10-18(23)25;/h15-16H,3-14H2,1-2H3,(H2,20,21,22);1H. The zero-order valence-electron chi connectivity index (χ0n) is 16.7. The summed E-state index contributed by atoms with van der Waals surface area (Å²) in [4.78, 5) is 29.2. The summed E-state index contributed by atoms with van der Waals surface area (Å²) in [6.07, 6.45) is 8.08. The van der Waals surface area contributed by atoms with Crippen LogP contribution in [0.15, 0.2) is 4.99 Å². The monoisotopic (exact) mass is 494 g/mol. The maximum absolute atomic E-state index is 11.8. The van der Waals surface area contributed by atoms with Crippen LogP contribution in [-0.2, 0) is 14.3 Å². The molecule has 2 aliphatic rings. The van der Waals surface area contributed by atoms with Crippen LogP contribution in [0.5, 0.6) is 0 Å². The molecule has 0 bridgehead atoms. The second kappa shape index (κ2) is 13.3. The Morgan fingerprint density at radius 2 is 1.78 bits per heavy atom. The van der Waals surface area contributed by atoms with Crippen molar-refractivity contribution in [2.75, 3.05) is 33.3 Å². The van der Waals surface area contributed by atoms with Gasteiger partial charge in [0.2, 0.25) is 11.8 Å². The van der Waals surface area contributed by atoms with E-state index in [2.05, 4.69) is 22.5 Å². The van der Waals surface area contributed by atoms with Gasteiger partial charge in [-0.05, 0) is 38.5 Å². The quantitative estimate of drug-likeness (QED) is 0.223. The highest BCUT2D eigenvalue weighted by Gasteiger charge is 2.26. The number of halogens is 1. The first-order valence-electron chi connectivity index (χ1n) is 10.0. The van der Waals surface area contributed by atoms with Crippen LogP contribution < -0.4 is 10.6 Å². The van der Waals surface area contributed by atoms with Gasteiger partial charge < -0.3 is 15.4 Å². The number of piperidine rings is 1. The fourth-order valence-electron chi connectivity index (χ4n) is 3.89. The lowest BCUT2D eigenvalue weighted by atomic mass is 9.98. The van der Waals surface area contributed by atoms with Crippen molar-refractivity contribution in [3.05, 3.63) is 0 Å². The van der Waals surface area contributed by atoms with E-state index in [1.54, 1.807) is 7.05 Å². The van der Waals surface area contributed by atoms with Gasteiger partial charge in [0.1, 0.15) is 0 Å². The molecular formula is C19H35IN4O3. The molecule has 0 aromatic carbocycles. The van der Waals surface area contributed by atoms with Gasteiger partial charge in [0.05, 0.1) is 6.10 Å². The molecular weight excluding hydrogens is 459 g/mol. The first-order chi connectivity index (χ1) is 12.7. The van der Waals surface area contributed by atoms with Crippen molar-refractivity contribution < 1.29 is 14.3 Å². The van der Waals surface area contributed by atoms with Crippen molar-refractivity contribution >= 4 is 41.8 Å². The third kappa shape index (κ3) is 7.93. The first-order valence-corrected chi connectivity index (χ1v) is 10.0. The number of hydrogen-bond acceptors (Lipinski definition) is 4. The van der Waals surface area contributed by atoms with E-state index in [0.717, 1.165) is 19.6 Å². The Morgan fingerprint density at radius 3 is 2.37 bits per heavy atom. The Morgan fingerprint density at radius 1 is 1.15 bits per heavy atom. The molecule has 2 amide bonds. The highest BCUT2D eigenvalue weighted by molar-refractivity contribution is 14.0. The number of hydrogen-bond donors (Lipinski definition) is 2. The van der Waals surface area contributed by atoms with Crippen molar-refractivity contribution in [1.82, 2.24) is 15.5 Å². The number of likely N-dealkylation sites (tertiary alicyclic amines) is 1. The second-order valence-corrected chi connectivity index (χ2v) is 7.05. The van der Waals surface area contributed by atoms with Gasteiger partial charge in [-0.15, -0.1) is 24.0 Å². The number of imide groups is 1. The SMILES string of the molecule is CCOC(CCNC(=NC)NCCN1C(=O)CCCC1=O)C1CCCC1.I. The van der Waals surface area contributed by atoms with E-state index in [0.29, 0.717) is 50.3 Å². The van der Waals surface area contributed by atoms with Crippen molar-refractivity contribution in [1.29, 1.82) is 0 Å². The second-order valence-electron chi connectivity index (χ2n) is 7.05. The molecule has 0 radical (unpaired) electrons. The van der Waals surface area contributed by atoms with E-state index in [1.807, 2.05) is 0 Å². The Kier molecular flexibility index (Phi) is 11.9. The number of carbonyl (C=O) groups is 2. The molecule has 1 unspecified atom stereocenters. The third-order valence-electron chi connectivity index (χ3n) is 5.26. The summed E-state index contributed by atoms with van der Waals surface area (Å²) in [6, 6.07) is 0. The highest BCUT2D eigenvalue weighted by atomic mass is 127. The first kappa shape index (κ1) is 24.1. The lowest BCUT2D eigenvalue weighted by Crippen LogP contribution is -2.46. The molecule has 1 aliphatic heterocycles. The molecule has 27 heavy (non-hydrogen) atoms.